The van der Waals surface area contributed by atoms with Crippen molar-refractivity contribution in [2.75, 3.05) is 20.8 Å². The Morgan fingerprint density at radius 2 is 1.73 bits per heavy atom. The van der Waals surface area contributed by atoms with Crippen LogP contribution in [-0.4, -0.2) is 36.2 Å². The maximum Gasteiger partial charge on any atom is 0.220 e. The minimum atomic E-state index is -0.260. The second kappa shape index (κ2) is 12.5. The van der Waals surface area contributed by atoms with Crippen molar-refractivity contribution in [1.29, 1.82) is 0 Å². The number of nitrogens with one attached hydrogen (secondary N) is 1. The number of ether oxygens (including phenoxy) is 2. The van der Waals surface area contributed by atoms with Crippen molar-refractivity contribution in [3.05, 3.63) is 126 Å². The molecule has 0 spiro atoms. The smallest absolute Gasteiger partial charge is 0.220 e. The number of carbonyl (C=O) groups excluding carboxylic acids is 1. The molecule has 5 rings (SSSR count). The summed E-state index contributed by atoms with van der Waals surface area (Å²) < 4.78 is 26.7. The Hall–Kier alpha value is -4.65. The first-order chi connectivity index (χ1) is 19.6. The first-order valence-corrected chi connectivity index (χ1v) is 13.3. The SMILES string of the molecule is COc1ccc([C@H](CC(=O)NCCc2ccccn2)c2cn(Cc3ccc(F)cc3)c3ccccc23)cc1OC. The van der Waals surface area contributed by atoms with Crippen molar-refractivity contribution in [1.82, 2.24) is 14.9 Å². The van der Waals surface area contributed by atoms with E-state index in [1.165, 1.54) is 12.1 Å². The van der Waals surface area contributed by atoms with Crippen molar-refractivity contribution in [3.63, 3.8) is 0 Å². The van der Waals surface area contributed by atoms with Gasteiger partial charge < -0.3 is 19.4 Å². The number of halogens is 1. The molecule has 1 N–H and O–H groups in total. The molecular formula is C33H32FN3O3. The van der Waals surface area contributed by atoms with Crippen LogP contribution in [0, 0.1) is 5.82 Å². The Labute approximate surface area is 233 Å². The van der Waals surface area contributed by atoms with Crippen molar-refractivity contribution in [3.8, 4) is 11.5 Å². The normalized spacial score (nSPS) is 11.8. The lowest BCUT2D eigenvalue weighted by Crippen LogP contribution is -2.27. The average molecular weight is 538 g/mol. The summed E-state index contributed by atoms with van der Waals surface area (Å²) >= 11 is 0. The van der Waals surface area contributed by atoms with Gasteiger partial charge in [0.15, 0.2) is 11.5 Å². The maximum absolute atomic E-state index is 13.5. The Morgan fingerprint density at radius 1 is 0.950 bits per heavy atom. The van der Waals surface area contributed by atoms with Gasteiger partial charge in [0, 0.05) is 60.8 Å². The number of aromatic nitrogens is 2. The van der Waals surface area contributed by atoms with E-state index in [2.05, 4.69) is 33.2 Å². The van der Waals surface area contributed by atoms with Crippen LogP contribution in [0.15, 0.2) is 97.3 Å². The molecule has 5 aromatic rings. The molecular weight excluding hydrogens is 505 g/mol. The Balaban J connectivity index is 1.49. The fourth-order valence-electron chi connectivity index (χ4n) is 5.08. The summed E-state index contributed by atoms with van der Waals surface area (Å²) in [7, 11) is 3.21. The van der Waals surface area contributed by atoms with Crippen LogP contribution < -0.4 is 14.8 Å². The molecule has 0 radical (unpaired) electrons. The van der Waals surface area contributed by atoms with E-state index in [0.717, 1.165) is 33.3 Å². The van der Waals surface area contributed by atoms with Gasteiger partial charge in [0.25, 0.3) is 0 Å². The molecule has 204 valence electrons. The average Bonchev–Trinajstić information content (AvgIpc) is 3.35. The van der Waals surface area contributed by atoms with E-state index in [9.17, 15) is 9.18 Å². The number of hydrogen-bond donors (Lipinski definition) is 1. The number of methoxy groups -OCH3 is 2. The van der Waals surface area contributed by atoms with Gasteiger partial charge in [-0.05, 0) is 59.2 Å². The Kier molecular flexibility index (Phi) is 8.40. The van der Waals surface area contributed by atoms with Gasteiger partial charge in [0.05, 0.1) is 14.2 Å². The van der Waals surface area contributed by atoms with E-state index in [0.29, 0.717) is 31.0 Å². The molecule has 0 aliphatic rings. The monoisotopic (exact) mass is 537 g/mol. The van der Waals surface area contributed by atoms with Crippen LogP contribution in [0.3, 0.4) is 0 Å². The molecule has 7 heteroatoms. The number of fused-ring (bicyclic) bond motifs is 1. The zero-order chi connectivity index (χ0) is 27.9. The maximum atomic E-state index is 13.5. The van der Waals surface area contributed by atoms with Gasteiger partial charge in [0.2, 0.25) is 5.91 Å². The molecule has 0 aliphatic heterocycles. The van der Waals surface area contributed by atoms with Gasteiger partial charge in [-0.1, -0.05) is 42.5 Å². The summed E-state index contributed by atoms with van der Waals surface area (Å²) in [5, 5.41) is 4.14. The molecule has 2 aromatic heterocycles. The first-order valence-electron chi connectivity index (χ1n) is 13.3. The van der Waals surface area contributed by atoms with Gasteiger partial charge in [-0.3, -0.25) is 9.78 Å². The molecule has 6 nitrogen and oxygen atoms in total. The highest BCUT2D eigenvalue weighted by molar-refractivity contribution is 5.87. The lowest BCUT2D eigenvalue weighted by molar-refractivity contribution is -0.121. The Morgan fingerprint density at radius 3 is 2.48 bits per heavy atom. The quantitative estimate of drug-likeness (QED) is 0.220. The molecule has 0 fully saturated rings. The lowest BCUT2D eigenvalue weighted by atomic mass is 9.87. The number of hydrogen-bond acceptors (Lipinski definition) is 4. The third-order valence-electron chi connectivity index (χ3n) is 7.09. The van der Waals surface area contributed by atoms with Gasteiger partial charge >= 0.3 is 0 Å². The van der Waals surface area contributed by atoms with Gasteiger partial charge in [-0.25, -0.2) is 4.39 Å². The summed E-state index contributed by atoms with van der Waals surface area (Å²) in [5.41, 5.74) is 4.95. The number of rotatable bonds is 11. The number of carbonyl (C=O) groups is 1. The van der Waals surface area contributed by atoms with Crippen LogP contribution in [0.4, 0.5) is 4.39 Å². The predicted molar refractivity (Wildman–Crippen MR) is 154 cm³/mol. The van der Waals surface area contributed by atoms with Crippen LogP contribution in [0.5, 0.6) is 11.5 Å². The molecule has 3 aromatic carbocycles. The van der Waals surface area contributed by atoms with Crippen LogP contribution in [0.25, 0.3) is 10.9 Å². The third-order valence-corrected chi connectivity index (χ3v) is 7.09. The zero-order valence-electron chi connectivity index (χ0n) is 22.6. The molecule has 0 aliphatic carbocycles. The molecule has 0 bridgehead atoms. The molecule has 40 heavy (non-hydrogen) atoms. The standard InChI is InChI=1S/C33H32FN3O3/c1-39-31-15-12-24(19-32(31)40-2)28(20-33(38)36-18-16-26-7-5-6-17-35-26)29-22-37(30-9-4-3-8-27(29)30)21-23-10-13-25(34)14-11-23/h3-15,17,19,22,28H,16,18,20-21H2,1-2H3,(H,36,38)/t28-/m0/s1. The molecule has 1 amide bonds. The van der Waals surface area contributed by atoms with Crippen molar-refractivity contribution >= 4 is 16.8 Å². The molecule has 2 heterocycles. The number of amides is 1. The van der Waals surface area contributed by atoms with Crippen molar-refractivity contribution < 1.29 is 18.7 Å². The summed E-state index contributed by atoms with van der Waals surface area (Å²) in [6.45, 7) is 1.08. The molecule has 0 unspecified atom stereocenters. The van der Waals surface area contributed by atoms with Crippen molar-refractivity contribution in [2.24, 2.45) is 0 Å². The molecule has 1 atom stereocenters. The fourth-order valence-corrected chi connectivity index (χ4v) is 5.08. The molecule has 0 saturated heterocycles. The van der Waals surface area contributed by atoms with Gasteiger partial charge in [-0.15, -0.1) is 0 Å². The first kappa shape index (κ1) is 26.9. The minimum absolute atomic E-state index is 0.0499. The number of nitrogens with zero attached hydrogens (tertiary/aromatic N) is 2. The minimum Gasteiger partial charge on any atom is -0.493 e. The van der Waals surface area contributed by atoms with E-state index in [4.69, 9.17) is 9.47 Å². The van der Waals surface area contributed by atoms with E-state index in [-0.39, 0.29) is 24.1 Å². The van der Waals surface area contributed by atoms with E-state index in [1.807, 2.05) is 48.5 Å². The van der Waals surface area contributed by atoms with E-state index < -0.39 is 0 Å². The lowest BCUT2D eigenvalue weighted by Gasteiger charge is -2.19. The zero-order valence-corrected chi connectivity index (χ0v) is 22.6. The summed E-state index contributed by atoms with van der Waals surface area (Å²) in [6, 6.07) is 26.3. The number of benzene rings is 3. The van der Waals surface area contributed by atoms with E-state index in [1.54, 1.807) is 32.5 Å². The number of para-hydroxylation sites is 1. The highest BCUT2D eigenvalue weighted by Gasteiger charge is 2.24. The van der Waals surface area contributed by atoms with Crippen LogP contribution >= 0.6 is 0 Å². The molecule has 0 saturated carbocycles. The van der Waals surface area contributed by atoms with E-state index >= 15 is 0 Å². The topological polar surface area (TPSA) is 65.4 Å². The van der Waals surface area contributed by atoms with Crippen molar-refractivity contribution in [2.45, 2.75) is 25.3 Å². The van der Waals surface area contributed by atoms with Crippen LogP contribution in [-0.2, 0) is 17.8 Å². The summed E-state index contributed by atoms with van der Waals surface area (Å²) in [5.74, 6) is 0.684. The largest absolute Gasteiger partial charge is 0.493 e. The summed E-state index contributed by atoms with van der Waals surface area (Å²) in [6.07, 6.45) is 4.77. The highest BCUT2D eigenvalue weighted by atomic mass is 19.1. The predicted octanol–water partition coefficient (Wildman–Crippen LogP) is 6.12. The van der Waals surface area contributed by atoms with Crippen LogP contribution in [0.2, 0.25) is 0 Å². The Bertz CT molecular complexity index is 1580. The van der Waals surface area contributed by atoms with Crippen LogP contribution in [0.1, 0.15) is 34.7 Å². The summed E-state index contributed by atoms with van der Waals surface area (Å²) in [4.78, 5) is 17.6. The highest BCUT2D eigenvalue weighted by Crippen LogP contribution is 2.38. The van der Waals surface area contributed by atoms with Gasteiger partial charge in [0.1, 0.15) is 5.82 Å². The second-order valence-corrected chi connectivity index (χ2v) is 9.65. The number of pyridine rings is 1. The third kappa shape index (κ3) is 6.15. The fraction of sp³-hybridized carbons (Fsp3) is 0.212. The van der Waals surface area contributed by atoms with Gasteiger partial charge in [-0.2, -0.15) is 0 Å². The second-order valence-electron chi connectivity index (χ2n) is 9.65.